The number of hydrazine groups is 1. The number of carbonyl (C=O) groups excluding carboxylic acids is 2. The van der Waals surface area contributed by atoms with E-state index >= 15 is 4.39 Å². The molecule has 2 aliphatic rings. The van der Waals surface area contributed by atoms with Crippen molar-refractivity contribution >= 4 is 11.8 Å². The third-order valence-electron chi connectivity index (χ3n) is 6.41. The summed E-state index contributed by atoms with van der Waals surface area (Å²) in [7, 11) is 0. The van der Waals surface area contributed by atoms with Crippen LogP contribution in [0.3, 0.4) is 0 Å². The number of halogens is 1. The Morgan fingerprint density at radius 2 is 1.38 bits per heavy atom. The highest BCUT2D eigenvalue weighted by Gasteiger charge is 2.49. The lowest BCUT2D eigenvalue weighted by molar-refractivity contribution is -0.249. The van der Waals surface area contributed by atoms with Crippen LogP contribution in [0.25, 0.3) is 0 Å². The van der Waals surface area contributed by atoms with Gasteiger partial charge in [0.25, 0.3) is 11.8 Å². The average Bonchev–Trinajstić information content (AvgIpc) is 3.17. The highest BCUT2D eigenvalue weighted by molar-refractivity contribution is 6.20. The number of aliphatic hydroxyl groups excluding tert-OH is 1. The van der Waals surface area contributed by atoms with E-state index in [9.17, 15) is 14.7 Å². The van der Waals surface area contributed by atoms with E-state index in [4.69, 9.17) is 14.2 Å². The molecule has 1 fully saturated rings. The van der Waals surface area contributed by atoms with Gasteiger partial charge in [-0.1, -0.05) is 72.8 Å². The number of nitrogens with one attached hydrogen (secondary N) is 1. The number of fused-ring (bicyclic) bond motifs is 1. The van der Waals surface area contributed by atoms with Gasteiger partial charge in [-0.05, 0) is 23.3 Å². The highest BCUT2D eigenvalue weighted by atomic mass is 19.1. The SMILES string of the molecule is O=C1c2ccccc2C(=O)N1N[C@@H]1[C@@H](OCc2ccccc2)[C@H](O)[C@@H](COCc2ccccc2)O[C@H]1F. The Morgan fingerprint density at radius 1 is 0.838 bits per heavy atom. The number of aliphatic hydroxyl groups is 1. The molecule has 3 aromatic carbocycles. The zero-order valence-corrected chi connectivity index (χ0v) is 19.9. The Balaban J connectivity index is 1.31. The minimum absolute atomic E-state index is 0.0766. The molecular weight excluding hydrogens is 479 g/mol. The molecule has 0 aliphatic carbocycles. The monoisotopic (exact) mass is 506 g/mol. The molecule has 37 heavy (non-hydrogen) atoms. The summed E-state index contributed by atoms with van der Waals surface area (Å²) in [5, 5.41) is 11.9. The van der Waals surface area contributed by atoms with Crippen LogP contribution in [-0.4, -0.2) is 59.2 Å². The van der Waals surface area contributed by atoms with Gasteiger partial charge in [0.1, 0.15) is 24.4 Å². The number of hydrogen-bond donors (Lipinski definition) is 2. The predicted octanol–water partition coefficient (Wildman–Crippen LogP) is 3.01. The van der Waals surface area contributed by atoms with E-state index in [2.05, 4.69) is 5.43 Å². The van der Waals surface area contributed by atoms with Crippen LogP contribution in [0.1, 0.15) is 31.8 Å². The molecule has 0 unspecified atom stereocenters. The van der Waals surface area contributed by atoms with Gasteiger partial charge >= 0.3 is 0 Å². The molecule has 2 amide bonds. The third kappa shape index (κ3) is 5.46. The summed E-state index contributed by atoms with van der Waals surface area (Å²) in [5.41, 5.74) is 4.80. The van der Waals surface area contributed by atoms with Crippen LogP contribution < -0.4 is 5.43 Å². The largest absolute Gasteiger partial charge is 0.388 e. The van der Waals surface area contributed by atoms with E-state index in [0.717, 1.165) is 16.1 Å². The van der Waals surface area contributed by atoms with Gasteiger partial charge in [-0.15, -0.1) is 0 Å². The molecule has 9 heteroatoms. The summed E-state index contributed by atoms with van der Waals surface area (Å²) in [4.78, 5) is 25.7. The van der Waals surface area contributed by atoms with E-state index in [1.165, 1.54) is 12.1 Å². The van der Waals surface area contributed by atoms with Crippen molar-refractivity contribution in [1.29, 1.82) is 0 Å². The zero-order chi connectivity index (χ0) is 25.8. The normalized spacial score (nSPS) is 25.4. The highest BCUT2D eigenvalue weighted by Crippen LogP contribution is 2.28. The summed E-state index contributed by atoms with van der Waals surface area (Å²) in [6.45, 7) is 0.255. The number of imide groups is 1. The first-order valence-electron chi connectivity index (χ1n) is 12.0. The molecule has 5 rings (SSSR count). The van der Waals surface area contributed by atoms with Crippen molar-refractivity contribution in [1.82, 2.24) is 10.4 Å². The maximum atomic E-state index is 15.5. The molecule has 5 atom stereocenters. The average molecular weight is 507 g/mol. The Morgan fingerprint density at radius 3 is 1.97 bits per heavy atom. The van der Waals surface area contributed by atoms with Crippen molar-refractivity contribution in [2.24, 2.45) is 0 Å². The molecular formula is C28H27FN2O6. The number of hydrogen-bond acceptors (Lipinski definition) is 7. The number of ether oxygens (including phenoxy) is 3. The smallest absolute Gasteiger partial charge is 0.276 e. The number of alkyl halides is 1. The molecule has 1 saturated heterocycles. The molecule has 0 bridgehead atoms. The van der Waals surface area contributed by atoms with Crippen LogP contribution in [0.2, 0.25) is 0 Å². The van der Waals surface area contributed by atoms with Gasteiger partial charge in [0, 0.05) is 0 Å². The topological polar surface area (TPSA) is 97.3 Å². The molecule has 8 nitrogen and oxygen atoms in total. The van der Waals surface area contributed by atoms with E-state index < -0.39 is 42.5 Å². The van der Waals surface area contributed by atoms with Crippen molar-refractivity contribution < 1.29 is 33.3 Å². The molecule has 0 saturated carbocycles. The predicted molar refractivity (Wildman–Crippen MR) is 131 cm³/mol. The maximum Gasteiger partial charge on any atom is 0.276 e. The van der Waals surface area contributed by atoms with Gasteiger partial charge in [-0.25, -0.2) is 14.8 Å². The van der Waals surface area contributed by atoms with Gasteiger partial charge in [0.15, 0.2) is 0 Å². The van der Waals surface area contributed by atoms with Gasteiger partial charge in [-0.3, -0.25) is 9.59 Å². The lowest BCUT2D eigenvalue weighted by Gasteiger charge is -2.43. The van der Waals surface area contributed by atoms with Crippen molar-refractivity contribution in [3.63, 3.8) is 0 Å². The number of carbonyl (C=O) groups is 2. The number of benzene rings is 3. The molecule has 192 valence electrons. The Labute approximate surface area is 213 Å². The summed E-state index contributed by atoms with van der Waals surface area (Å²) in [6, 6.07) is 23.7. The molecule has 0 aromatic heterocycles. The van der Waals surface area contributed by atoms with Crippen LogP contribution in [0.5, 0.6) is 0 Å². The lowest BCUT2D eigenvalue weighted by atomic mass is 9.97. The first-order chi connectivity index (χ1) is 18.0. The second-order valence-corrected chi connectivity index (χ2v) is 8.92. The Hall–Kier alpha value is -3.47. The van der Waals surface area contributed by atoms with Gasteiger partial charge < -0.3 is 19.3 Å². The van der Waals surface area contributed by atoms with Crippen molar-refractivity contribution in [2.45, 2.75) is 43.9 Å². The van der Waals surface area contributed by atoms with Gasteiger partial charge in [0.2, 0.25) is 6.36 Å². The van der Waals surface area contributed by atoms with Crippen LogP contribution in [0.15, 0.2) is 84.9 Å². The first-order valence-corrected chi connectivity index (χ1v) is 12.0. The van der Waals surface area contributed by atoms with Crippen LogP contribution in [-0.2, 0) is 27.4 Å². The fourth-order valence-electron chi connectivity index (χ4n) is 4.47. The summed E-state index contributed by atoms with van der Waals surface area (Å²) < 4.78 is 32.6. The second kappa shape index (κ2) is 11.3. The molecule has 0 spiro atoms. The molecule has 0 radical (unpaired) electrons. The standard InChI is InChI=1S/C28H27FN2O6/c29-26-23(30-31-27(33)20-13-7-8-14-21(20)28(31)34)25(36-16-19-11-5-2-6-12-19)24(32)22(37-26)17-35-15-18-9-3-1-4-10-18/h1-14,22-26,30,32H,15-17H2/t22-,23-,24-,25-,26-/m1/s1. The summed E-state index contributed by atoms with van der Waals surface area (Å²) >= 11 is 0. The molecule has 2 aliphatic heterocycles. The van der Waals surface area contributed by atoms with Gasteiger partial charge in [-0.2, -0.15) is 0 Å². The quantitative estimate of drug-likeness (QED) is 0.431. The summed E-state index contributed by atoms with van der Waals surface area (Å²) in [6.07, 6.45) is -5.49. The molecule has 3 aromatic rings. The number of amides is 2. The number of rotatable bonds is 9. The van der Waals surface area contributed by atoms with Crippen molar-refractivity contribution in [2.75, 3.05) is 6.61 Å². The maximum absolute atomic E-state index is 15.5. The van der Waals surface area contributed by atoms with E-state index in [0.29, 0.717) is 0 Å². The lowest BCUT2D eigenvalue weighted by Crippen LogP contribution is -2.66. The van der Waals surface area contributed by atoms with E-state index in [1.54, 1.807) is 12.1 Å². The van der Waals surface area contributed by atoms with Crippen molar-refractivity contribution in [3.05, 3.63) is 107 Å². The van der Waals surface area contributed by atoms with Crippen LogP contribution in [0, 0.1) is 0 Å². The van der Waals surface area contributed by atoms with E-state index in [1.807, 2.05) is 60.7 Å². The fourth-order valence-corrected chi connectivity index (χ4v) is 4.47. The second-order valence-electron chi connectivity index (χ2n) is 8.92. The molecule has 2 N–H and O–H groups in total. The van der Waals surface area contributed by atoms with E-state index in [-0.39, 0.29) is 30.9 Å². The van der Waals surface area contributed by atoms with Crippen molar-refractivity contribution in [3.8, 4) is 0 Å². The Kier molecular flexibility index (Phi) is 7.68. The molecule has 2 heterocycles. The fraction of sp³-hybridized carbons (Fsp3) is 0.286. The number of nitrogens with zero attached hydrogens (tertiary/aromatic N) is 1. The Bertz CT molecular complexity index is 1190. The minimum Gasteiger partial charge on any atom is -0.388 e. The first kappa shape index (κ1) is 25.2. The summed E-state index contributed by atoms with van der Waals surface area (Å²) in [5.74, 6) is -1.23. The minimum atomic E-state index is -2.00. The third-order valence-corrected chi connectivity index (χ3v) is 6.41. The van der Waals surface area contributed by atoms with Gasteiger partial charge in [0.05, 0.1) is 30.9 Å². The van der Waals surface area contributed by atoms with Crippen LogP contribution in [0.4, 0.5) is 4.39 Å². The van der Waals surface area contributed by atoms with Crippen LogP contribution >= 0.6 is 0 Å². The zero-order valence-electron chi connectivity index (χ0n) is 19.9.